The van der Waals surface area contributed by atoms with E-state index in [0.717, 1.165) is 28.4 Å². The monoisotopic (exact) mass is 251 g/mol. The predicted octanol–water partition coefficient (Wildman–Crippen LogP) is 2.51. The van der Waals surface area contributed by atoms with Gasteiger partial charge in [-0.3, -0.25) is 0 Å². The minimum absolute atomic E-state index is 0.348. The second kappa shape index (κ2) is 4.77. The number of nitrogens with two attached hydrogens (primary N) is 1. The van der Waals surface area contributed by atoms with E-state index in [4.69, 9.17) is 22.1 Å². The fourth-order valence-electron chi connectivity index (χ4n) is 1.69. The Bertz CT molecular complexity index is 537. The number of nitrogens with zero attached hydrogens (tertiary/aromatic N) is 1. The van der Waals surface area contributed by atoms with Gasteiger partial charge in [0, 0.05) is 12.1 Å². The van der Waals surface area contributed by atoms with E-state index in [-0.39, 0.29) is 0 Å². The van der Waals surface area contributed by atoms with Gasteiger partial charge in [0.05, 0.1) is 12.8 Å². The lowest BCUT2D eigenvalue weighted by Crippen LogP contribution is -1.96. The van der Waals surface area contributed by atoms with Gasteiger partial charge in [0.1, 0.15) is 11.6 Å². The molecule has 0 aliphatic heterocycles. The Kier molecular flexibility index (Phi) is 3.36. The van der Waals surface area contributed by atoms with Crippen molar-refractivity contribution in [3.8, 4) is 17.1 Å². The van der Waals surface area contributed by atoms with Crippen LogP contribution in [0.5, 0.6) is 5.75 Å². The Morgan fingerprint density at radius 1 is 1.47 bits per heavy atom. The number of nitrogens with one attached hydrogen (secondary N) is 1. The number of ether oxygens (including phenoxy) is 1. The Morgan fingerprint density at radius 2 is 2.24 bits per heavy atom. The van der Waals surface area contributed by atoms with Crippen LogP contribution in [-0.4, -0.2) is 17.1 Å². The molecule has 1 aromatic carbocycles. The molecule has 5 heteroatoms. The van der Waals surface area contributed by atoms with Gasteiger partial charge in [0.15, 0.2) is 5.15 Å². The van der Waals surface area contributed by atoms with Gasteiger partial charge in [-0.25, -0.2) is 4.98 Å². The molecule has 0 bridgehead atoms. The number of aryl methyl sites for hydroxylation is 1. The third-order valence-electron chi connectivity index (χ3n) is 2.60. The summed E-state index contributed by atoms with van der Waals surface area (Å²) < 4.78 is 5.21. The number of hydrogen-bond donors (Lipinski definition) is 2. The van der Waals surface area contributed by atoms with Gasteiger partial charge in [0.25, 0.3) is 0 Å². The van der Waals surface area contributed by atoms with Crippen LogP contribution in [-0.2, 0) is 6.54 Å². The highest BCUT2D eigenvalue weighted by atomic mass is 35.5. The van der Waals surface area contributed by atoms with Crippen molar-refractivity contribution in [1.82, 2.24) is 9.97 Å². The fraction of sp³-hybridized carbons (Fsp3) is 0.250. The van der Waals surface area contributed by atoms with E-state index in [1.165, 1.54) is 0 Å². The summed E-state index contributed by atoms with van der Waals surface area (Å²) in [6.45, 7) is 2.33. The number of rotatable bonds is 3. The summed E-state index contributed by atoms with van der Waals surface area (Å²) in [6.07, 6.45) is 0. The average Bonchev–Trinajstić information content (AvgIpc) is 2.70. The van der Waals surface area contributed by atoms with Crippen molar-refractivity contribution in [1.29, 1.82) is 0 Å². The van der Waals surface area contributed by atoms with Crippen molar-refractivity contribution in [3.05, 3.63) is 34.6 Å². The molecule has 1 heterocycles. The van der Waals surface area contributed by atoms with E-state index in [1.54, 1.807) is 7.11 Å². The molecule has 0 unspecified atom stereocenters. The third kappa shape index (κ3) is 2.28. The first-order chi connectivity index (χ1) is 8.15. The second-order valence-electron chi connectivity index (χ2n) is 3.74. The standard InChI is InChI=1S/C12H14ClN3O/c1-7-5-8(3-4-10(7)17-2)12-15-9(6-14)11(13)16-12/h3-5H,6,14H2,1-2H3,(H,15,16). The molecule has 90 valence electrons. The summed E-state index contributed by atoms with van der Waals surface area (Å²) >= 11 is 5.95. The van der Waals surface area contributed by atoms with E-state index in [9.17, 15) is 0 Å². The molecule has 0 aliphatic rings. The molecule has 0 saturated carbocycles. The van der Waals surface area contributed by atoms with Gasteiger partial charge in [-0.2, -0.15) is 0 Å². The lowest BCUT2D eigenvalue weighted by atomic mass is 10.1. The molecule has 2 aromatic rings. The van der Waals surface area contributed by atoms with Gasteiger partial charge in [-0.05, 0) is 30.7 Å². The van der Waals surface area contributed by atoms with Crippen LogP contribution in [0.1, 0.15) is 11.3 Å². The van der Waals surface area contributed by atoms with Crippen LogP contribution >= 0.6 is 11.6 Å². The topological polar surface area (TPSA) is 63.9 Å². The van der Waals surface area contributed by atoms with Crippen molar-refractivity contribution in [2.45, 2.75) is 13.5 Å². The Hall–Kier alpha value is -1.52. The van der Waals surface area contributed by atoms with Gasteiger partial charge in [-0.1, -0.05) is 11.6 Å². The number of H-pyrrole nitrogens is 1. The molecule has 0 amide bonds. The van der Waals surface area contributed by atoms with Gasteiger partial charge >= 0.3 is 0 Å². The molecule has 0 spiro atoms. The normalized spacial score (nSPS) is 10.6. The van der Waals surface area contributed by atoms with E-state index in [1.807, 2.05) is 25.1 Å². The minimum atomic E-state index is 0.348. The number of methoxy groups -OCH3 is 1. The second-order valence-corrected chi connectivity index (χ2v) is 4.10. The summed E-state index contributed by atoms with van der Waals surface area (Å²) in [5.41, 5.74) is 8.30. The molecule has 0 saturated heterocycles. The number of benzene rings is 1. The molecule has 0 radical (unpaired) electrons. The fourth-order valence-corrected chi connectivity index (χ4v) is 1.89. The summed E-state index contributed by atoms with van der Waals surface area (Å²) in [7, 11) is 1.65. The zero-order valence-electron chi connectivity index (χ0n) is 9.75. The van der Waals surface area contributed by atoms with Crippen LogP contribution in [0.25, 0.3) is 11.4 Å². The third-order valence-corrected chi connectivity index (χ3v) is 2.91. The quantitative estimate of drug-likeness (QED) is 0.881. The van der Waals surface area contributed by atoms with E-state index in [2.05, 4.69) is 9.97 Å². The van der Waals surface area contributed by atoms with Crippen molar-refractivity contribution < 1.29 is 4.74 Å². The zero-order chi connectivity index (χ0) is 12.4. The maximum atomic E-state index is 5.95. The highest BCUT2D eigenvalue weighted by Crippen LogP contribution is 2.26. The van der Waals surface area contributed by atoms with Crippen molar-refractivity contribution in [2.24, 2.45) is 5.73 Å². The SMILES string of the molecule is COc1ccc(-c2nc(Cl)c(CN)[nH]2)cc1C. The average molecular weight is 252 g/mol. The van der Waals surface area contributed by atoms with Crippen molar-refractivity contribution in [3.63, 3.8) is 0 Å². The summed E-state index contributed by atoms with van der Waals surface area (Å²) in [5.74, 6) is 1.58. The molecule has 0 aliphatic carbocycles. The number of aromatic amines is 1. The Morgan fingerprint density at radius 3 is 2.76 bits per heavy atom. The van der Waals surface area contributed by atoms with E-state index < -0.39 is 0 Å². The number of halogens is 1. The lowest BCUT2D eigenvalue weighted by Gasteiger charge is -2.05. The molecule has 17 heavy (non-hydrogen) atoms. The Balaban J connectivity index is 2.42. The van der Waals surface area contributed by atoms with Crippen molar-refractivity contribution >= 4 is 11.6 Å². The number of hydrogen-bond acceptors (Lipinski definition) is 3. The summed E-state index contributed by atoms with van der Waals surface area (Å²) in [4.78, 5) is 7.34. The van der Waals surface area contributed by atoms with Crippen LogP contribution in [0.4, 0.5) is 0 Å². The van der Waals surface area contributed by atoms with Gasteiger partial charge in [0.2, 0.25) is 0 Å². The maximum absolute atomic E-state index is 5.95. The molecule has 1 aromatic heterocycles. The minimum Gasteiger partial charge on any atom is -0.496 e. The van der Waals surface area contributed by atoms with E-state index >= 15 is 0 Å². The number of imidazole rings is 1. The van der Waals surface area contributed by atoms with Crippen LogP contribution in [0.15, 0.2) is 18.2 Å². The first-order valence-electron chi connectivity index (χ1n) is 5.25. The van der Waals surface area contributed by atoms with Crippen LogP contribution in [0, 0.1) is 6.92 Å². The Labute approximate surface area is 105 Å². The maximum Gasteiger partial charge on any atom is 0.152 e. The molecular weight excluding hydrogens is 238 g/mol. The first kappa shape index (κ1) is 12.0. The van der Waals surface area contributed by atoms with Gasteiger partial charge in [-0.15, -0.1) is 0 Å². The molecular formula is C12H14ClN3O. The summed E-state index contributed by atoms with van der Waals surface area (Å²) in [6, 6.07) is 5.83. The highest BCUT2D eigenvalue weighted by molar-refractivity contribution is 6.30. The molecule has 0 fully saturated rings. The predicted molar refractivity (Wildman–Crippen MR) is 68.2 cm³/mol. The first-order valence-corrected chi connectivity index (χ1v) is 5.63. The molecule has 0 atom stereocenters. The summed E-state index contributed by atoms with van der Waals surface area (Å²) in [5, 5.41) is 0.427. The molecule has 2 rings (SSSR count). The van der Waals surface area contributed by atoms with E-state index in [0.29, 0.717) is 11.7 Å². The largest absolute Gasteiger partial charge is 0.496 e. The number of aromatic nitrogens is 2. The highest BCUT2D eigenvalue weighted by Gasteiger charge is 2.09. The molecule has 3 N–H and O–H groups in total. The lowest BCUT2D eigenvalue weighted by molar-refractivity contribution is 0.412. The van der Waals surface area contributed by atoms with Crippen LogP contribution in [0.2, 0.25) is 5.15 Å². The van der Waals surface area contributed by atoms with Crippen molar-refractivity contribution in [2.75, 3.05) is 7.11 Å². The zero-order valence-corrected chi connectivity index (χ0v) is 10.5. The molecule has 4 nitrogen and oxygen atoms in total. The van der Waals surface area contributed by atoms with Gasteiger partial charge < -0.3 is 15.5 Å². The van der Waals surface area contributed by atoms with Crippen LogP contribution < -0.4 is 10.5 Å². The van der Waals surface area contributed by atoms with Crippen LogP contribution in [0.3, 0.4) is 0 Å². The smallest absolute Gasteiger partial charge is 0.152 e.